The van der Waals surface area contributed by atoms with E-state index in [4.69, 9.17) is 4.74 Å². The van der Waals surface area contributed by atoms with E-state index in [2.05, 4.69) is 10.6 Å². The molecule has 30 heavy (non-hydrogen) atoms. The summed E-state index contributed by atoms with van der Waals surface area (Å²) >= 11 is 1.14. The number of anilines is 1. The van der Waals surface area contributed by atoms with E-state index >= 15 is 0 Å². The van der Waals surface area contributed by atoms with E-state index in [9.17, 15) is 19.5 Å². The molecule has 3 N–H and O–H groups in total. The van der Waals surface area contributed by atoms with Crippen LogP contribution in [-0.2, 0) is 20.9 Å². The minimum atomic E-state index is -0.919. The van der Waals surface area contributed by atoms with Crippen LogP contribution in [0.2, 0.25) is 0 Å². The fourth-order valence-corrected chi connectivity index (χ4v) is 3.71. The fraction of sp³-hybridized carbons (Fsp3) is 0.136. The van der Waals surface area contributed by atoms with Gasteiger partial charge >= 0.3 is 17.8 Å². The van der Waals surface area contributed by atoms with Gasteiger partial charge in [-0.1, -0.05) is 48.5 Å². The molecule has 0 saturated heterocycles. The van der Waals surface area contributed by atoms with Crippen LogP contribution in [0.1, 0.15) is 22.8 Å². The van der Waals surface area contributed by atoms with Crippen LogP contribution >= 0.6 is 11.3 Å². The van der Waals surface area contributed by atoms with Crippen molar-refractivity contribution < 1.29 is 24.2 Å². The maximum absolute atomic E-state index is 12.5. The number of carbonyl (C=O) groups is 3. The summed E-state index contributed by atoms with van der Waals surface area (Å²) in [5, 5.41) is 16.7. The SMILES string of the molecule is CCOC(=O)c1c(-c2ccccc2)csc1NC(=O)C(=O)NCc1ccccc1O. The van der Waals surface area contributed by atoms with Gasteiger partial charge in [0.2, 0.25) is 0 Å². The highest BCUT2D eigenvalue weighted by Crippen LogP contribution is 2.36. The summed E-state index contributed by atoms with van der Waals surface area (Å²) in [5.41, 5.74) is 2.09. The topological polar surface area (TPSA) is 105 Å². The van der Waals surface area contributed by atoms with Crippen LogP contribution in [0, 0.1) is 0 Å². The van der Waals surface area contributed by atoms with Crippen LogP contribution in [0.4, 0.5) is 5.00 Å². The highest BCUT2D eigenvalue weighted by molar-refractivity contribution is 7.15. The number of benzene rings is 2. The number of phenols is 1. The fourth-order valence-electron chi connectivity index (χ4n) is 2.76. The molecule has 2 amide bonds. The maximum atomic E-state index is 12.5. The van der Waals surface area contributed by atoms with Gasteiger partial charge in [0.25, 0.3) is 0 Å². The van der Waals surface area contributed by atoms with Crippen LogP contribution < -0.4 is 10.6 Å². The van der Waals surface area contributed by atoms with E-state index < -0.39 is 17.8 Å². The van der Waals surface area contributed by atoms with Gasteiger partial charge in [-0.3, -0.25) is 9.59 Å². The second kappa shape index (κ2) is 9.71. The van der Waals surface area contributed by atoms with Crippen LogP contribution in [0.25, 0.3) is 11.1 Å². The molecular weight excluding hydrogens is 404 g/mol. The molecule has 0 fully saturated rings. The Bertz CT molecular complexity index is 1060. The third-order valence-electron chi connectivity index (χ3n) is 4.22. The van der Waals surface area contributed by atoms with Crippen molar-refractivity contribution in [2.45, 2.75) is 13.5 Å². The van der Waals surface area contributed by atoms with Crippen molar-refractivity contribution in [1.82, 2.24) is 5.32 Å². The Balaban J connectivity index is 1.77. The van der Waals surface area contributed by atoms with Gasteiger partial charge in [0.05, 0.1) is 6.61 Å². The zero-order chi connectivity index (χ0) is 21.5. The minimum absolute atomic E-state index is 0.0105. The monoisotopic (exact) mass is 424 g/mol. The number of hydrogen-bond acceptors (Lipinski definition) is 6. The van der Waals surface area contributed by atoms with E-state index in [1.807, 2.05) is 30.3 Å². The molecule has 7 nitrogen and oxygen atoms in total. The first-order valence-electron chi connectivity index (χ1n) is 9.21. The maximum Gasteiger partial charge on any atom is 0.341 e. The third-order valence-corrected chi connectivity index (χ3v) is 5.12. The molecule has 0 spiro atoms. The Hall–Kier alpha value is -3.65. The lowest BCUT2D eigenvalue weighted by molar-refractivity contribution is -0.136. The first kappa shape index (κ1) is 21.1. The highest BCUT2D eigenvalue weighted by Gasteiger charge is 2.24. The van der Waals surface area contributed by atoms with Gasteiger partial charge in [0, 0.05) is 23.1 Å². The number of amides is 2. The number of phenolic OH excluding ortho intramolecular Hbond substituents is 1. The lowest BCUT2D eigenvalue weighted by Gasteiger charge is -2.09. The summed E-state index contributed by atoms with van der Waals surface area (Å²) < 4.78 is 5.14. The molecule has 0 bridgehead atoms. The second-order valence-electron chi connectivity index (χ2n) is 6.21. The van der Waals surface area contributed by atoms with Crippen LogP contribution in [0.15, 0.2) is 60.0 Å². The van der Waals surface area contributed by atoms with Crippen LogP contribution in [0.5, 0.6) is 5.75 Å². The smallest absolute Gasteiger partial charge is 0.341 e. The number of esters is 1. The molecule has 8 heteroatoms. The van der Waals surface area contributed by atoms with Crippen molar-refractivity contribution in [3.05, 3.63) is 71.1 Å². The number of ether oxygens (including phenoxy) is 1. The highest BCUT2D eigenvalue weighted by atomic mass is 32.1. The third kappa shape index (κ3) is 4.84. The Labute approximate surface area is 177 Å². The molecule has 0 aliphatic carbocycles. The second-order valence-corrected chi connectivity index (χ2v) is 7.09. The summed E-state index contributed by atoms with van der Waals surface area (Å²) in [6, 6.07) is 15.7. The zero-order valence-electron chi connectivity index (χ0n) is 16.2. The van der Waals surface area contributed by atoms with E-state index in [0.717, 1.165) is 16.9 Å². The van der Waals surface area contributed by atoms with Gasteiger partial charge < -0.3 is 20.5 Å². The molecule has 0 aliphatic rings. The predicted molar refractivity (Wildman–Crippen MR) is 114 cm³/mol. The summed E-state index contributed by atoms with van der Waals surface area (Å²) in [7, 11) is 0. The molecule has 154 valence electrons. The molecule has 0 unspecified atom stereocenters. The van der Waals surface area contributed by atoms with E-state index in [-0.39, 0.29) is 29.5 Å². The number of thiophene rings is 1. The molecule has 1 heterocycles. The van der Waals surface area contributed by atoms with Crippen molar-refractivity contribution >= 4 is 34.1 Å². The Morgan fingerprint density at radius 2 is 1.70 bits per heavy atom. The van der Waals surface area contributed by atoms with Crippen molar-refractivity contribution in [2.24, 2.45) is 0 Å². The Morgan fingerprint density at radius 3 is 2.40 bits per heavy atom. The molecule has 3 aromatic rings. The van der Waals surface area contributed by atoms with E-state index in [1.165, 1.54) is 6.07 Å². The standard InChI is InChI=1S/C22H20N2O5S/c1-2-29-22(28)18-16(14-8-4-3-5-9-14)13-30-21(18)24-20(27)19(26)23-12-15-10-6-7-11-17(15)25/h3-11,13,25H,2,12H2,1H3,(H,23,26)(H,24,27). The molecule has 1 aromatic heterocycles. The number of nitrogens with one attached hydrogen (secondary N) is 2. The first-order chi connectivity index (χ1) is 14.5. The number of hydrogen-bond donors (Lipinski definition) is 3. The van der Waals surface area contributed by atoms with Crippen LogP contribution in [0.3, 0.4) is 0 Å². The van der Waals surface area contributed by atoms with Gasteiger partial charge in [-0.25, -0.2) is 4.79 Å². The van der Waals surface area contributed by atoms with Crippen LogP contribution in [-0.4, -0.2) is 29.5 Å². The van der Waals surface area contributed by atoms with E-state index in [0.29, 0.717) is 11.1 Å². The molecule has 3 rings (SSSR count). The molecular formula is C22H20N2O5S. The summed E-state index contributed by atoms with van der Waals surface area (Å²) in [5.74, 6) is -2.36. The molecule has 0 atom stereocenters. The lowest BCUT2D eigenvalue weighted by Crippen LogP contribution is -2.35. The van der Waals surface area contributed by atoms with E-state index in [1.54, 1.807) is 30.5 Å². The van der Waals surface area contributed by atoms with Crippen molar-refractivity contribution in [2.75, 3.05) is 11.9 Å². The zero-order valence-corrected chi connectivity index (χ0v) is 17.0. The molecule has 0 saturated carbocycles. The van der Waals surface area contributed by atoms with Gasteiger partial charge in [0.1, 0.15) is 16.3 Å². The Morgan fingerprint density at radius 1 is 1.00 bits per heavy atom. The summed E-state index contributed by atoms with van der Waals surface area (Å²) in [6.45, 7) is 1.86. The largest absolute Gasteiger partial charge is 0.508 e. The van der Waals surface area contributed by atoms with Crippen molar-refractivity contribution in [3.63, 3.8) is 0 Å². The molecule has 0 radical (unpaired) electrons. The van der Waals surface area contributed by atoms with Gasteiger partial charge in [0.15, 0.2) is 0 Å². The van der Waals surface area contributed by atoms with Crippen molar-refractivity contribution in [3.8, 4) is 16.9 Å². The molecule has 2 aromatic carbocycles. The molecule has 0 aliphatic heterocycles. The Kier molecular flexibility index (Phi) is 6.82. The van der Waals surface area contributed by atoms with Gasteiger partial charge in [-0.05, 0) is 18.6 Å². The lowest BCUT2D eigenvalue weighted by atomic mass is 10.0. The quantitative estimate of drug-likeness (QED) is 0.415. The van der Waals surface area contributed by atoms with Crippen molar-refractivity contribution in [1.29, 1.82) is 0 Å². The van der Waals surface area contributed by atoms with Gasteiger partial charge in [-0.2, -0.15) is 0 Å². The number of aromatic hydroxyl groups is 1. The average molecular weight is 424 g/mol. The first-order valence-corrected chi connectivity index (χ1v) is 10.1. The number of rotatable bonds is 6. The average Bonchev–Trinajstić information content (AvgIpc) is 3.17. The summed E-state index contributed by atoms with van der Waals surface area (Å²) in [6.07, 6.45) is 0. The van der Waals surface area contributed by atoms with Gasteiger partial charge in [-0.15, -0.1) is 11.3 Å². The normalized spacial score (nSPS) is 10.3. The predicted octanol–water partition coefficient (Wildman–Crippen LogP) is 3.55. The minimum Gasteiger partial charge on any atom is -0.508 e. The summed E-state index contributed by atoms with van der Waals surface area (Å²) in [4.78, 5) is 37.1. The number of carbonyl (C=O) groups excluding carboxylic acids is 3. The number of para-hydroxylation sites is 1.